The maximum absolute atomic E-state index is 5.34. The highest BCUT2D eigenvalue weighted by Crippen LogP contribution is 2.08. The highest BCUT2D eigenvalue weighted by Gasteiger charge is 1.90. The molecule has 0 radical (unpaired) electrons. The van der Waals surface area contributed by atoms with Crippen molar-refractivity contribution in [3.8, 4) is 0 Å². The fourth-order valence-electron chi connectivity index (χ4n) is 1.55. The molecule has 0 heterocycles. The Hall–Kier alpha value is -0.460. The molecule has 1 heteroatoms. The Bertz CT molecular complexity index is 129. The first-order chi connectivity index (χ1) is 7.41. The van der Waals surface area contributed by atoms with Gasteiger partial charge in [0.1, 0.15) is 0 Å². The van der Waals surface area contributed by atoms with Crippen molar-refractivity contribution in [2.45, 2.75) is 71.6 Å². The lowest BCUT2D eigenvalue weighted by Gasteiger charge is -2.01. The summed E-state index contributed by atoms with van der Waals surface area (Å²) in [6.07, 6.45) is 15.9. The molecule has 0 aliphatic rings. The second kappa shape index (κ2) is 13.5. The number of hydrogen-bond donors (Lipinski definition) is 0. The number of hydrogen-bond acceptors (Lipinski definition) is 1. The van der Waals surface area contributed by atoms with Crippen molar-refractivity contribution in [3.63, 3.8) is 0 Å². The average molecular weight is 212 g/mol. The maximum atomic E-state index is 5.34. The van der Waals surface area contributed by atoms with Gasteiger partial charge in [0, 0.05) is 0 Å². The summed E-state index contributed by atoms with van der Waals surface area (Å²) in [6, 6.07) is 0. The van der Waals surface area contributed by atoms with Crippen LogP contribution in [0.1, 0.15) is 71.6 Å². The van der Waals surface area contributed by atoms with Crippen LogP contribution in [-0.4, -0.2) is 6.61 Å². The Labute approximate surface area is 95.9 Å². The van der Waals surface area contributed by atoms with E-state index in [-0.39, 0.29) is 0 Å². The van der Waals surface area contributed by atoms with Crippen molar-refractivity contribution in [2.24, 2.45) is 0 Å². The van der Waals surface area contributed by atoms with Gasteiger partial charge in [-0.25, -0.2) is 0 Å². The van der Waals surface area contributed by atoms with Gasteiger partial charge >= 0.3 is 0 Å². The molecule has 0 fully saturated rings. The van der Waals surface area contributed by atoms with E-state index in [1.54, 1.807) is 0 Å². The predicted molar refractivity (Wildman–Crippen MR) is 68.0 cm³/mol. The van der Waals surface area contributed by atoms with Crippen molar-refractivity contribution in [1.82, 2.24) is 0 Å². The molecule has 1 nitrogen and oxygen atoms in total. The molecule has 0 aromatic rings. The van der Waals surface area contributed by atoms with Crippen LogP contribution in [0.15, 0.2) is 12.3 Å². The Morgan fingerprint density at radius 1 is 0.800 bits per heavy atom. The van der Waals surface area contributed by atoms with Crippen molar-refractivity contribution in [3.05, 3.63) is 12.3 Å². The van der Waals surface area contributed by atoms with Crippen LogP contribution in [0, 0.1) is 0 Å². The molecule has 0 aromatic heterocycles. The van der Waals surface area contributed by atoms with E-state index < -0.39 is 0 Å². The lowest BCUT2D eigenvalue weighted by Crippen LogP contribution is -1.88. The maximum Gasteiger partial charge on any atom is 0.0873 e. The smallest absolute Gasteiger partial charge is 0.0873 e. The van der Waals surface area contributed by atoms with Crippen molar-refractivity contribution in [2.75, 3.05) is 6.61 Å². The summed E-state index contributed by atoms with van der Waals surface area (Å²) >= 11 is 0. The van der Waals surface area contributed by atoms with Crippen LogP contribution in [0.4, 0.5) is 0 Å². The molecule has 0 atom stereocenters. The van der Waals surface area contributed by atoms with Gasteiger partial charge < -0.3 is 4.74 Å². The van der Waals surface area contributed by atoms with E-state index in [0.717, 1.165) is 13.0 Å². The van der Waals surface area contributed by atoms with Crippen LogP contribution in [0.3, 0.4) is 0 Å². The molecular weight excluding hydrogens is 184 g/mol. The predicted octanol–water partition coefficient (Wildman–Crippen LogP) is 5.07. The second-order valence-corrected chi connectivity index (χ2v) is 4.13. The van der Waals surface area contributed by atoms with Gasteiger partial charge in [0.2, 0.25) is 0 Å². The van der Waals surface area contributed by atoms with E-state index in [9.17, 15) is 0 Å². The summed E-state index contributed by atoms with van der Waals surface area (Å²) in [5.74, 6) is 0. The van der Waals surface area contributed by atoms with Gasteiger partial charge in [-0.2, -0.15) is 0 Å². The van der Waals surface area contributed by atoms with Crippen molar-refractivity contribution >= 4 is 0 Å². The first-order valence-electron chi connectivity index (χ1n) is 6.68. The quantitative estimate of drug-likeness (QED) is 0.343. The van der Waals surface area contributed by atoms with Crippen LogP contribution in [0.2, 0.25) is 0 Å². The lowest BCUT2D eigenvalue weighted by molar-refractivity contribution is 0.239. The van der Waals surface area contributed by atoms with Gasteiger partial charge in [-0.15, -0.1) is 0 Å². The molecule has 0 aromatic carbocycles. The van der Waals surface area contributed by atoms with Crippen LogP contribution in [0.5, 0.6) is 0 Å². The summed E-state index contributed by atoms with van der Waals surface area (Å²) < 4.78 is 5.34. The van der Waals surface area contributed by atoms with Crippen LogP contribution in [-0.2, 0) is 4.74 Å². The zero-order valence-electron chi connectivity index (χ0n) is 10.6. The lowest BCUT2D eigenvalue weighted by atomic mass is 10.1. The van der Waals surface area contributed by atoms with Crippen LogP contribution < -0.4 is 0 Å². The average Bonchev–Trinajstić information content (AvgIpc) is 2.26. The van der Waals surface area contributed by atoms with Gasteiger partial charge in [0.25, 0.3) is 0 Å². The molecule has 0 saturated carbocycles. The minimum Gasteiger partial charge on any atom is -0.502 e. The number of ether oxygens (including phenoxy) is 1. The number of allylic oxidation sites excluding steroid dienone is 1. The Morgan fingerprint density at radius 3 is 2.00 bits per heavy atom. The third kappa shape index (κ3) is 13.5. The van der Waals surface area contributed by atoms with E-state index in [1.807, 2.05) is 6.26 Å². The Morgan fingerprint density at radius 2 is 1.40 bits per heavy atom. The molecule has 15 heavy (non-hydrogen) atoms. The van der Waals surface area contributed by atoms with Gasteiger partial charge in [-0.05, 0) is 12.8 Å². The second-order valence-electron chi connectivity index (χ2n) is 4.13. The first kappa shape index (κ1) is 14.5. The summed E-state index contributed by atoms with van der Waals surface area (Å²) in [7, 11) is 0. The highest BCUT2D eigenvalue weighted by molar-refractivity contribution is 4.70. The fraction of sp³-hybridized carbons (Fsp3) is 0.857. The van der Waals surface area contributed by atoms with Gasteiger partial charge in [-0.1, -0.05) is 64.9 Å². The number of rotatable bonds is 11. The first-order valence-corrected chi connectivity index (χ1v) is 6.68. The molecule has 0 aliphatic carbocycles. The van der Waals surface area contributed by atoms with E-state index >= 15 is 0 Å². The number of unbranched alkanes of at least 4 members (excludes halogenated alkanes) is 7. The molecule has 0 bridgehead atoms. The van der Waals surface area contributed by atoms with E-state index in [1.165, 1.54) is 51.4 Å². The summed E-state index contributed by atoms with van der Waals surface area (Å²) in [6.45, 7) is 5.28. The molecule has 0 rings (SSSR count). The molecule has 0 N–H and O–H groups in total. The third-order valence-corrected chi connectivity index (χ3v) is 2.54. The largest absolute Gasteiger partial charge is 0.502 e. The third-order valence-electron chi connectivity index (χ3n) is 2.54. The fourth-order valence-corrected chi connectivity index (χ4v) is 1.55. The van der Waals surface area contributed by atoms with Crippen LogP contribution >= 0.6 is 0 Å². The molecule has 0 aliphatic heterocycles. The van der Waals surface area contributed by atoms with Gasteiger partial charge in [-0.3, -0.25) is 0 Å². The van der Waals surface area contributed by atoms with Crippen LogP contribution in [0.25, 0.3) is 0 Å². The Kier molecular flexibility index (Phi) is 13.1. The minimum atomic E-state index is 0.894. The van der Waals surface area contributed by atoms with Gasteiger partial charge in [0.05, 0.1) is 12.9 Å². The monoisotopic (exact) mass is 212 g/mol. The highest BCUT2D eigenvalue weighted by atomic mass is 16.5. The molecule has 90 valence electrons. The molecule has 0 saturated heterocycles. The molecular formula is C14H28O. The summed E-state index contributed by atoms with van der Waals surface area (Å²) in [5, 5.41) is 0. The molecule has 0 unspecified atom stereocenters. The molecule has 0 spiro atoms. The van der Waals surface area contributed by atoms with E-state index in [0.29, 0.717) is 0 Å². The summed E-state index contributed by atoms with van der Waals surface area (Å²) in [5.41, 5.74) is 0. The summed E-state index contributed by atoms with van der Waals surface area (Å²) in [4.78, 5) is 0. The zero-order valence-corrected chi connectivity index (χ0v) is 10.6. The van der Waals surface area contributed by atoms with Gasteiger partial charge in [0.15, 0.2) is 0 Å². The van der Waals surface area contributed by atoms with Crippen molar-refractivity contribution < 1.29 is 4.74 Å². The normalized spacial score (nSPS) is 11.1. The van der Waals surface area contributed by atoms with Crippen molar-refractivity contribution in [1.29, 1.82) is 0 Å². The minimum absolute atomic E-state index is 0.894. The standard InChI is InChI=1S/C14H28O/c1-3-5-7-8-9-10-11-12-14-15-13-6-4-2/h6,13H,3-5,7-12,14H2,1-2H3/b13-6+. The SMILES string of the molecule is CC/C=C/OCCCCCCCCCC. The topological polar surface area (TPSA) is 9.23 Å². The van der Waals surface area contributed by atoms with E-state index in [2.05, 4.69) is 19.9 Å². The molecule has 0 amide bonds. The van der Waals surface area contributed by atoms with E-state index in [4.69, 9.17) is 4.74 Å². The zero-order chi connectivity index (χ0) is 11.2. The Balaban J connectivity index is 2.89.